The fourth-order valence-electron chi connectivity index (χ4n) is 5.94. The van der Waals surface area contributed by atoms with Gasteiger partial charge in [-0.25, -0.2) is 9.69 Å². The Balaban J connectivity index is 1.52. The van der Waals surface area contributed by atoms with Crippen LogP contribution in [0.2, 0.25) is 0 Å². The number of imide groups is 1. The molecule has 3 aliphatic heterocycles. The van der Waals surface area contributed by atoms with Gasteiger partial charge in [0.1, 0.15) is 11.0 Å². The number of carbonyl (C=O) groups is 4. The first kappa shape index (κ1) is 23.4. The number of rotatable bonds is 4. The van der Waals surface area contributed by atoms with Gasteiger partial charge in [0.15, 0.2) is 5.78 Å². The number of hydrogen-bond donors (Lipinski definition) is 0. The highest BCUT2D eigenvalue weighted by atomic mass is 32.1. The van der Waals surface area contributed by atoms with Crippen LogP contribution in [0.25, 0.3) is 6.08 Å². The van der Waals surface area contributed by atoms with Gasteiger partial charge in [-0.1, -0.05) is 54.6 Å². The quantitative estimate of drug-likeness (QED) is 0.290. The predicted octanol–water partition coefficient (Wildman–Crippen LogP) is 4.55. The fraction of sp³-hybridized carbons (Fsp3) is 0.241. The van der Waals surface area contributed by atoms with Crippen molar-refractivity contribution >= 4 is 46.0 Å². The summed E-state index contributed by atoms with van der Waals surface area (Å²) in [6, 6.07) is 15.3. The third-order valence-electron chi connectivity index (χ3n) is 7.75. The number of fused-ring (bicyclic) bond motifs is 5. The molecule has 0 N–H and O–H groups in total. The van der Waals surface area contributed by atoms with Gasteiger partial charge >= 0.3 is 5.97 Å². The van der Waals surface area contributed by atoms with Crippen molar-refractivity contribution < 1.29 is 23.9 Å². The Bertz CT molecular complexity index is 1510. The van der Waals surface area contributed by atoms with E-state index in [2.05, 4.69) is 0 Å². The standard InChI is InChI=1S/C29H24N2O5S/c1-15-16(2)37-28(20(15)29(35)36-3)31-26(33)21-22(27(31)34)24(25(32)18-10-5-4-6-11-18)30-14-13-17-9-7-8-12-19(17)23(21)30/h4-14,21-24H,1-3H3/t21-,22+,23-,24-/m0/s1. The second-order valence-corrected chi connectivity index (χ2v) is 10.7. The maximum atomic E-state index is 14.1. The first-order valence-electron chi connectivity index (χ1n) is 12.0. The van der Waals surface area contributed by atoms with E-state index in [1.807, 2.05) is 54.4 Å². The molecule has 0 aliphatic carbocycles. The van der Waals surface area contributed by atoms with E-state index in [1.54, 1.807) is 31.2 Å². The van der Waals surface area contributed by atoms with Gasteiger partial charge in [-0.2, -0.15) is 0 Å². The Morgan fingerprint density at radius 2 is 1.59 bits per heavy atom. The summed E-state index contributed by atoms with van der Waals surface area (Å²) in [5, 5.41) is 0.267. The van der Waals surface area contributed by atoms with Crippen LogP contribution in [0.5, 0.6) is 0 Å². The molecule has 8 heteroatoms. The van der Waals surface area contributed by atoms with Gasteiger partial charge in [-0.15, -0.1) is 11.3 Å². The van der Waals surface area contributed by atoms with Crippen molar-refractivity contribution in [2.24, 2.45) is 11.8 Å². The van der Waals surface area contributed by atoms with Crippen LogP contribution in [0.3, 0.4) is 0 Å². The molecule has 2 aromatic carbocycles. The number of aryl methyl sites for hydroxylation is 1. The molecule has 2 amide bonds. The summed E-state index contributed by atoms with van der Waals surface area (Å²) in [5.41, 5.74) is 3.23. The van der Waals surface area contributed by atoms with E-state index in [1.165, 1.54) is 18.4 Å². The minimum atomic E-state index is -0.894. The van der Waals surface area contributed by atoms with Crippen LogP contribution in [-0.2, 0) is 14.3 Å². The summed E-state index contributed by atoms with van der Waals surface area (Å²) >= 11 is 1.22. The molecule has 2 saturated heterocycles. The first-order chi connectivity index (χ1) is 17.8. The van der Waals surface area contributed by atoms with E-state index in [4.69, 9.17) is 4.74 Å². The van der Waals surface area contributed by atoms with Gasteiger partial charge in [0.05, 0.1) is 30.6 Å². The average Bonchev–Trinajstić information content (AvgIpc) is 3.51. The summed E-state index contributed by atoms with van der Waals surface area (Å²) in [6.45, 7) is 3.62. The van der Waals surface area contributed by atoms with Crippen molar-refractivity contribution in [2.45, 2.75) is 25.9 Å². The smallest absolute Gasteiger partial charge is 0.341 e. The SMILES string of the molecule is COC(=O)c1c(N2C(=O)[C@@H]3[C@H](C2=O)[C@@H]2c4ccccc4C=CN2[C@@H]3C(=O)c2ccccc2)sc(C)c1C. The zero-order valence-corrected chi connectivity index (χ0v) is 21.3. The van der Waals surface area contributed by atoms with Crippen LogP contribution in [0, 0.1) is 25.7 Å². The minimum Gasteiger partial charge on any atom is -0.465 e. The number of ketones is 1. The van der Waals surface area contributed by atoms with Gasteiger partial charge in [0, 0.05) is 16.6 Å². The van der Waals surface area contributed by atoms with Crippen LogP contribution >= 0.6 is 11.3 Å². The molecule has 37 heavy (non-hydrogen) atoms. The van der Waals surface area contributed by atoms with Gasteiger partial charge in [0.2, 0.25) is 11.8 Å². The molecule has 7 nitrogen and oxygen atoms in total. The highest BCUT2D eigenvalue weighted by molar-refractivity contribution is 7.17. The van der Waals surface area contributed by atoms with Crippen LogP contribution < -0.4 is 4.90 Å². The number of carbonyl (C=O) groups excluding carboxylic acids is 4. The molecule has 3 aliphatic rings. The molecule has 0 spiro atoms. The lowest BCUT2D eigenvalue weighted by Gasteiger charge is -2.35. The number of ether oxygens (including phenoxy) is 1. The molecule has 4 atom stereocenters. The monoisotopic (exact) mass is 512 g/mol. The van der Waals surface area contributed by atoms with E-state index < -0.39 is 41.7 Å². The molecule has 4 heterocycles. The minimum absolute atomic E-state index is 0.211. The zero-order valence-electron chi connectivity index (χ0n) is 20.5. The van der Waals surface area contributed by atoms with E-state index in [9.17, 15) is 19.2 Å². The Labute approximate surface area is 218 Å². The summed E-state index contributed by atoms with van der Waals surface area (Å²) in [4.78, 5) is 58.7. The predicted molar refractivity (Wildman–Crippen MR) is 139 cm³/mol. The molecule has 0 saturated carbocycles. The topological polar surface area (TPSA) is 84.0 Å². The van der Waals surface area contributed by atoms with Crippen LogP contribution in [-0.4, -0.2) is 41.6 Å². The normalized spacial score (nSPS) is 23.6. The number of amides is 2. The molecule has 2 fully saturated rings. The lowest BCUT2D eigenvalue weighted by Crippen LogP contribution is -2.44. The molecule has 0 radical (unpaired) electrons. The van der Waals surface area contributed by atoms with E-state index >= 15 is 0 Å². The molecule has 0 unspecified atom stereocenters. The lowest BCUT2D eigenvalue weighted by atomic mass is 9.83. The van der Waals surface area contributed by atoms with Gasteiger partial charge in [-0.05, 0) is 36.6 Å². The molecule has 1 aromatic heterocycles. The third kappa shape index (κ3) is 3.25. The third-order valence-corrected chi connectivity index (χ3v) is 8.94. The van der Waals surface area contributed by atoms with Crippen LogP contribution in [0.15, 0.2) is 60.8 Å². The second kappa shape index (κ2) is 8.52. The number of methoxy groups -OCH3 is 1. The Hall–Kier alpha value is -4.04. The van der Waals surface area contributed by atoms with Gasteiger partial charge in [0.25, 0.3) is 0 Å². The lowest BCUT2D eigenvalue weighted by molar-refractivity contribution is -0.123. The second-order valence-electron chi connectivity index (χ2n) is 9.53. The highest BCUT2D eigenvalue weighted by Crippen LogP contribution is 2.54. The largest absolute Gasteiger partial charge is 0.465 e. The van der Waals surface area contributed by atoms with Crippen molar-refractivity contribution in [3.8, 4) is 0 Å². The van der Waals surface area contributed by atoms with Crippen molar-refractivity contribution in [1.29, 1.82) is 0 Å². The number of hydrogen-bond acceptors (Lipinski definition) is 7. The Morgan fingerprint density at radius 3 is 2.32 bits per heavy atom. The number of anilines is 1. The van der Waals surface area contributed by atoms with Crippen LogP contribution in [0.4, 0.5) is 5.00 Å². The molecular formula is C29H24N2O5S. The Kier molecular flexibility index (Phi) is 5.38. The van der Waals surface area contributed by atoms with Crippen molar-refractivity contribution in [3.63, 3.8) is 0 Å². The summed E-state index contributed by atoms with van der Waals surface area (Å²) < 4.78 is 4.99. The number of thiophene rings is 1. The van der Waals surface area contributed by atoms with E-state index in [-0.39, 0.29) is 16.3 Å². The summed E-state index contributed by atoms with van der Waals surface area (Å²) in [6.07, 6.45) is 3.76. The first-order valence-corrected chi connectivity index (χ1v) is 12.9. The maximum absolute atomic E-state index is 14.1. The maximum Gasteiger partial charge on any atom is 0.341 e. The number of benzene rings is 2. The van der Waals surface area contributed by atoms with Gasteiger partial charge in [-0.3, -0.25) is 14.4 Å². The zero-order chi connectivity index (χ0) is 26.0. The fourth-order valence-corrected chi connectivity index (χ4v) is 7.09. The molecular weight excluding hydrogens is 488 g/mol. The average molecular weight is 513 g/mol. The number of Topliss-reactive ketones (excluding diaryl/α,β-unsaturated/α-hetero) is 1. The molecule has 0 bridgehead atoms. The number of nitrogens with zero attached hydrogens (tertiary/aromatic N) is 2. The van der Waals surface area contributed by atoms with E-state index in [0.717, 1.165) is 20.9 Å². The van der Waals surface area contributed by atoms with Gasteiger partial charge < -0.3 is 9.64 Å². The highest BCUT2D eigenvalue weighted by Gasteiger charge is 2.65. The van der Waals surface area contributed by atoms with Crippen LogP contribution in [0.1, 0.15) is 48.3 Å². The van der Waals surface area contributed by atoms with Crippen molar-refractivity contribution in [3.05, 3.63) is 93.5 Å². The molecule has 3 aromatic rings. The summed E-state index contributed by atoms with van der Waals surface area (Å²) in [5.74, 6) is -3.34. The van der Waals surface area contributed by atoms with E-state index in [0.29, 0.717) is 11.1 Å². The van der Waals surface area contributed by atoms with Crippen molar-refractivity contribution in [1.82, 2.24) is 4.90 Å². The number of esters is 1. The Morgan fingerprint density at radius 1 is 0.919 bits per heavy atom. The molecule has 186 valence electrons. The summed E-state index contributed by atoms with van der Waals surface area (Å²) in [7, 11) is 1.28. The van der Waals surface area contributed by atoms with Crippen molar-refractivity contribution in [2.75, 3.05) is 12.0 Å². The molecule has 6 rings (SSSR count).